The molecule has 9 nitrogen and oxygen atoms in total. The van der Waals surface area contributed by atoms with Gasteiger partial charge in [0, 0.05) is 12.8 Å². The number of Topliss-reactive ketones (excluding diaryl/α,β-unsaturated/α-hetero) is 2. The predicted molar refractivity (Wildman–Crippen MR) is 119 cm³/mol. The Morgan fingerprint density at radius 2 is 1.45 bits per heavy atom. The zero-order chi connectivity index (χ0) is 24.8. The van der Waals surface area contributed by atoms with Crippen LogP contribution in [-0.4, -0.2) is 61.1 Å². The first-order chi connectivity index (χ1) is 15.7. The summed E-state index contributed by atoms with van der Waals surface area (Å²) in [5.74, 6) is -1.26. The van der Waals surface area contributed by atoms with Crippen LogP contribution < -0.4 is 0 Å². The van der Waals surface area contributed by atoms with E-state index in [1.165, 1.54) is 38.5 Å². The summed E-state index contributed by atoms with van der Waals surface area (Å²) in [6.45, 7) is 8.80. The van der Waals surface area contributed by atoms with Crippen molar-refractivity contribution in [2.45, 2.75) is 84.7 Å². The van der Waals surface area contributed by atoms with Crippen LogP contribution in [0.5, 0.6) is 0 Å². The van der Waals surface area contributed by atoms with Gasteiger partial charge < -0.3 is 28.5 Å². The van der Waals surface area contributed by atoms with Crippen molar-refractivity contribution in [3.8, 4) is 0 Å². The summed E-state index contributed by atoms with van der Waals surface area (Å²) in [5, 5.41) is 0. The Morgan fingerprint density at radius 3 is 1.97 bits per heavy atom. The van der Waals surface area contributed by atoms with E-state index in [0.29, 0.717) is 12.8 Å². The Labute approximate surface area is 195 Å². The van der Waals surface area contributed by atoms with Crippen molar-refractivity contribution in [2.75, 3.05) is 13.2 Å². The Balaban J connectivity index is 3.08. The van der Waals surface area contributed by atoms with Gasteiger partial charge in [-0.1, -0.05) is 6.92 Å². The van der Waals surface area contributed by atoms with Crippen LogP contribution in [-0.2, 0) is 42.9 Å². The van der Waals surface area contributed by atoms with Gasteiger partial charge >= 0.3 is 11.9 Å². The number of carbonyl (C=O) groups excluding carboxylic acids is 4. The maximum atomic E-state index is 11.9. The predicted octanol–water partition coefficient (Wildman–Crippen LogP) is 3.05. The SMILES string of the molecule is CCOC(=O)/C=C/O[C@@H]1[C@H](C)C[C@H](O/C=C/C(=O)OCC)[C@@H](CC(C)=O)O[C@H]1CCC(C)=O. The molecule has 0 aromatic carbocycles. The number of rotatable bonds is 13. The van der Waals surface area contributed by atoms with Gasteiger partial charge in [0.1, 0.15) is 29.9 Å². The Morgan fingerprint density at radius 1 is 0.879 bits per heavy atom. The number of carbonyl (C=O) groups is 4. The van der Waals surface area contributed by atoms with Gasteiger partial charge in [0.2, 0.25) is 0 Å². The molecule has 1 fully saturated rings. The van der Waals surface area contributed by atoms with Gasteiger partial charge in [0.15, 0.2) is 0 Å². The molecule has 0 spiro atoms. The van der Waals surface area contributed by atoms with Crippen LogP contribution in [0, 0.1) is 5.92 Å². The van der Waals surface area contributed by atoms with Gasteiger partial charge in [-0.2, -0.15) is 0 Å². The third-order valence-corrected chi connectivity index (χ3v) is 5.04. The summed E-state index contributed by atoms with van der Waals surface area (Å²) in [4.78, 5) is 46.7. The molecule has 5 atom stereocenters. The molecule has 1 aliphatic rings. The molecule has 0 saturated carbocycles. The smallest absolute Gasteiger partial charge is 0.333 e. The summed E-state index contributed by atoms with van der Waals surface area (Å²) in [5.41, 5.74) is 0. The van der Waals surface area contributed by atoms with E-state index < -0.39 is 36.4 Å². The van der Waals surface area contributed by atoms with E-state index in [9.17, 15) is 19.2 Å². The van der Waals surface area contributed by atoms with Gasteiger partial charge in [0.05, 0.1) is 44.0 Å². The van der Waals surface area contributed by atoms with Gasteiger partial charge in [-0.05, 0) is 46.5 Å². The Kier molecular flexibility index (Phi) is 13.1. The lowest BCUT2D eigenvalue weighted by Crippen LogP contribution is -2.37. The number of esters is 2. The second-order valence-corrected chi connectivity index (χ2v) is 7.96. The summed E-state index contributed by atoms with van der Waals surface area (Å²) >= 11 is 0. The molecule has 186 valence electrons. The van der Waals surface area contributed by atoms with Gasteiger partial charge in [-0.3, -0.25) is 4.79 Å². The zero-order valence-electron chi connectivity index (χ0n) is 20.1. The van der Waals surface area contributed by atoms with Gasteiger partial charge in [0.25, 0.3) is 0 Å². The first-order valence-corrected chi connectivity index (χ1v) is 11.3. The van der Waals surface area contributed by atoms with Crippen molar-refractivity contribution in [3.05, 3.63) is 24.7 Å². The topological polar surface area (TPSA) is 114 Å². The van der Waals surface area contributed by atoms with E-state index in [1.54, 1.807) is 13.8 Å². The molecule has 1 heterocycles. The molecule has 0 aromatic rings. The Bertz CT molecular complexity index is 713. The van der Waals surface area contributed by atoms with Crippen LogP contribution >= 0.6 is 0 Å². The minimum Gasteiger partial charge on any atom is -0.495 e. The van der Waals surface area contributed by atoms with Crippen LogP contribution in [0.2, 0.25) is 0 Å². The van der Waals surface area contributed by atoms with Gasteiger partial charge in [-0.15, -0.1) is 0 Å². The minimum atomic E-state index is -0.601. The summed E-state index contributed by atoms with van der Waals surface area (Å²) in [6, 6.07) is 0. The minimum absolute atomic E-state index is 0.00426. The number of ether oxygens (including phenoxy) is 5. The highest BCUT2D eigenvalue weighted by Gasteiger charge is 2.40. The lowest BCUT2D eigenvalue weighted by atomic mass is 9.91. The quantitative estimate of drug-likeness (QED) is 0.228. The highest BCUT2D eigenvalue weighted by molar-refractivity contribution is 5.82. The molecule has 0 aliphatic carbocycles. The molecule has 0 N–H and O–H groups in total. The average molecular weight is 469 g/mol. The molecule has 1 aliphatic heterocycles. The third kappa shape index (κ3) is 11.1. The fraction of sp³-hybridized carbons (Fsp3) is 0.667. The second kappa shape index (κ2) is 15.2. The number of hydrogen-bond donors (Lipinski definition) is 0. The van der Waals surface area contributed by atoms with E-state index in [4.69, 9.17) is 23.7 Å². The van der Waals surface area contributed by atoms with E-state index in [1.807, 2.05) is 6.92 Å². The van der Waals surface area contributed by atoms with Crippen molar-refractivity contribution < 1.29 is 42.9 Å². The summed E-state index contributed by atoms with van der Waals surface area (Å²) < 4.78 is 27.6. The molecule has 1 rings (SSSR count). The van der Waals surface area contributed by atoms with Crippen LogP contribution in [0.3, 0.4) is 0 Å². The lowest BCUT2D eigenvalue weighted by molar-refractivity contribution is -0.138. The molecular formula is C24H36O9. The van der Waals surface area contributed by atoms with E-state index in [2.05, 4.69) is 0 Å². The average Bonchev–Trinajstić information content (AvgIpc) is 2.84. The lowest BCUT2D eigenvalue weighted by Gasteiger charge is -2.29. The van der Waals surface area contributed by atoms with E-state index in [-0.39, 0.29) is 43.5 Å². The van der Waals surface area contributed by atoms with Crippen molar-refractivity contribution in [3.63, 3.8) is 0 Å². The number of ketones is 2. The normalized spacial score (nSPS) is 25.4. The largest absolute Gasteiger partial charge is 0.495 e. The molecular weight excluding hydrogens is 432 g/mol. The third-order valence-electron chi connectivity index (χ3n) is 5.04. The summed E-state index contributed by atoms with van der Waals surface area (Å²) in [7, 11) is 0. The first kappa shape index (κ1) is 28.4. The van der Waals surface area contributed by atoms with E-state index >= 15 is 0 Å². The molecule has 0 amide bonds. The zero-order valence-corrected chi connectivity index (χ0v) is 20.1. The number of hydrogen-bond acceptors (Lipinski definition) is 9. The maximum absolute atomic E-state index is 11.9. The standard InChI is InChI=1S/C24H36O9/c1-6-29-22(27)10-12-31-20-14-16(3)24(32-13-11-23(28)30-7-2)19(9-8-17(4)25)33-21(20)15-18(5)26/h10-13,16,19-21,24H,6-9,14-15H2,1-5H3/b12-10+,13-11+/t16-,19+,20+,21-,24-/m1/s1. The summed E-state index contributed by atoms with van der Waals surface area (Å²) in [6.07, 6.45) is 3.97. The van der Waals surface area contributed by atoms with Crippen molar-refractivity contribution in [2.24, 2.45) is 5.92 Å². The fourth-order valence-corrected chi connectivity index (χ4v) is 3.58. The maximum Gasteiger partial charge on any atom is 0.333 e. The first-order valence-electron chi connectivity index (χ1n) is 11.3. The van der Waals surface area contributed by atoms with Gasteiger partial charge in [-0.25, -0.2) is 9.59 Å². The van der Waals surface area contributed by atoms with Crippen LogP contribution in [0.1, 0.15) is 60.3 Å². The van der Waals surface area contributed by atoms with E-state index in [0.717, 1.165) is 0 Å². The monoisotopic (exact) mass is 468 g/mol. The molecule has 1 saturated heterocycles. The second-order valence-electron chi connectivity index (χ2n) is 7.96. The molecule has 33 heavy (non-hydrogen) atoms. The molecule has 0 bridgehead atoms. The highest BCUT2D eigenvalue weighted by Crippen LogP contribution is 2.32. The van der Waals surface area contributed by atoms with Crippen molar-refractivity contribution in [1.82, 2.24) is 0 Å². The van der Waals surface area contributed by atoms with Crippen molar-refractivity contribution >= 4 is 23.5 Å². The van der Waals surface area contributed by atoms with Crippen LogP contribution in [0.15, 0.2) is 24.7 Å². The van der Waals surface area contributed by atoms with Crippen LogP contribution in [0.4, 0.5) is 0 Å². The Hall–Kier alpha value is -2.68. The molecule has 0 unspecified atom stereocenters. The molecule has 9 heteroatoms. The van der Waals surface area contributed by atoms with Crippen LogP contribution in [0.25, 0.3) is 0 Å². The molecule has 0 aromatic heterocycles. The fourth-order valence-electron chi connectivity index (χ4n) is 3.58. The van der Waals surface area contributed by atoms with Crippen molar-refractivity contribution in [1.29, 1.82) is 0 Å². The highest BCUT2D eigenvalue weighted by atomic mass is 16.6. The molecule has 0 radical (unpaired) electrons.